The first-order valence-corrected chi connectivity index (χ1v) is 8.12. The molecule has 0 aromatic heterocycles. The molecular formula is C10H20O5S2. The lowest BCUT2D eigenvalue weighted by atomic mass is 10.4. The van der Waals surface area contributed by atoms with Crippen molar-refractivity contribution in [3.63, 3.8) is 0 Å². The Morgan fingerprint density at radius 1 is 1.47 bits per heavy atom. The average Bonchev–Trinajstić information content (AvgIpc) is 2.22. The summed E-state index contributed by atoms with van der Waals surface area (Å²) in [5, 5.41) is 9.47. The van der Waals surface area contributed by atoms with E-state index in [9.17, 15) is 13.5 Å². The van der Waals surface area contributed by atoms with Crippen LogP contribution >= 0.6 is 11.8 Å². The second-order valence-electron chi connectivity index (χ2n) is 3.47. The Kier molecular flexibility index (Phi) is 9.85. The monoisotopic (exact) mass is 284 g/mol. The van der Waals surface area contributed by atoms with Gasteiger partial charge < -0.3 is 9.84 Å². The smallest absolute Gasteiger partial charge is 0.264 e. The van der Waals surface area contributed by atoms with Crippen LogP contribution in [0.15, 0.2) is 12.2 Å². The van der Waals surface area contributed by atoms with E-state index in [0.29, 0.717) is 24.5 Å². The topological polar surface area (TPSA) is 83.8 Å². The summed E-state index contributed by atoms with van der Waals surface area (Å²) in [6.07, 6.45) is 3.56. The van der Waals surface area contributed by atoms with Crippen LogP contribution in [-0.4, -0.2) is 54.7 Å². The van der Waals surface area contributed by atoms with Gasteiger partial charge in [0.2, 0.25) is 0 Å². The van der Waals surface area contributed by atoms with Crippen molar-refractivity contribution in [1.29, 1.82) is 0 Å². The van der Waals surface area contributed by atoms with Gasteiger partial charge in [0.15, 0.2) is 0 Å². The second kappa shape index (κ2) is 9.90. The Morgan fingerprint density at radius 2 is 2.18 bits per heavy atom. The van der Waals surface area contributed by atoms with Crippen LogP contribution in [0.3, 0.4) is 0 Å². The fraction of sp³-hybridized carbons (Fsp3) is 0.800. The maximum Gasteiger partial charge on any atom is 0.264 e. The number of hydrogen-bond donors (Lipinski definition) is 2. The van der Waals surface area contributed by atoms with Crippen LogP contribution in [0.2, 0.25) is 0 Å². The molecule has 0 aromatic carbocycles. The van der Waals surface area contributed by atoms with Crippen molar-refractivity contribution in [2.45, 2.75) is 19.4 Å². The van der Waals surface area contributed by atoms with E-state index in [2.05, 4.69) is 0 Å². The van der Waals surface area contributed by atoms with Crippen molar-refractivity contribution in [3.05, 3.63) is 12.2 Å². The lowest BCUT2D eigenvalue weighted by molar-refractivity contribution is 0.0624. The molecule has 0 heterocycles. The summed E-state index contributed by atoms with van der Waals surface area (Å²) in [4.78, 5) is 0. The lowest BCUT2D eigenvalue weighted by Gasteiger charge is -2.09. The summed E-state index contributed by atoms with van der Waals surface area (Å²) in [6.45, 7) is 2.65. The molecular weight excluding hydrogens is 264 g/mol. The van der Waals surface area contributed by atoms with Crippen molar-refractivity contribution in [3.8, 4) is 0 Å². The number of aliphatic hydroxyl groups is 1. The highest BCUT2D eigenvalue weighted by Crippen LogP contribution is 2.06. The predicted molar refractivity (Wildman–Crippen MR) is 70.0 cm³/mol. The van der Waals surface area contributed by atoms with Gasteiger partial charge in [-0.3, -0.25) is 4.55 Å². The number of aliphatic hydroxyl groups excluding tert-OH is 1. The van der Waals surface area contributed by atoms with Gasteiger partial charge in [-0.15, -0.1) is 0 Å². The average molecular weight is 284 g/mol. The molecule has 0 spiro atoms. The number of hydrogen-bond acceptors (Lipinski definition) is 5. The van der Waals surface area contributed by atoms with Crippen LogP contribution in [0.1, 0.15) is 13.3 Å². The van der Waals surface area contributed by atoms with E-state index in [-0.39, 0.29) is 12.4 Å². The van der Waals surface area contributed by atoms with E-state index in [0.717, 1.165) is 0 Å². The fourth-order valence-electron chi connectivity index (χ4n) is 0.979. The first-order valence-electron chi connectivity index (χ1n) is 5.35. The molecule has 0 saturated carbocycles. The molecule has 0 aromatic rings. The Bertz CT molecular complexity index is 300. The molecule has 0 saturated heterocycles. The standard InChI is InChI=1S/C10H20O5S2/c1-2-3-5-15-8-10(11)9-16-6-4-7-17(12,13)14/h2-3,10-11H,4-9H2,1H3,(H,12,13,14)/b3-2+. The summed E-state index contributed by atoms with van der Waals surface area (Å²) < 4.78 is 34.4. The summed E-state index contributed by atoms with van der Waals surface area (Å²) in [5.41, 5.74) is 0. The normalized spacial score (nSPS) is 14.3. The molecule has 1 unspecified atom stereocenters. The highest BCUT2D eigenvalue weighted by Gasteiger charge is 2.06. The summed E-state index contributed by atoms with van der Waals surface area (Å²) >= 11 is 1.44. The molecule has 0 rings (SSSR count). The molecule has 0 radical (unpaired) electrons. The third-order valence-corrected chi connectivity index (χ3v) is 3.76. The number of ether oxygens (including phenoxy) is 1. The predicted octanol–water partition coefficient (Wildman–Crippen LogP) is 0.951. The van der Waals surface area contributed by atoms with Gasteiger partial charge in [-0.25, -0.2) is 0 Å². The Morgan fingerprint density at radius 3 is 2.76 bits per heavy atom. The zero-order chi connectivity index (χ0) is 13.1. The van der Waals surface area contributed by atoms with Crippen LogP contribution in [-0.2, 0) is 14.9 Å². The van der Waals surface area contributed by atoms with Crippen molar-refractivity contribution in [2.24, 2.45) is 0 Å². The van der Waals surface area contributed by atoms with Gasteiger partial charge in [0.05, 0.1) is 25.1 Å². The minimum atomic E-state index is -3.85. The highest BCUT2D eigenvalue weighted by atomic mass is 32.2. The Labute approximate surface area is 107 Å². The van der Waals surface area contributed by atoms with Crippen LogP contribution in [0, 0.1) is 0 Å². The van der Waals surface area contributed by atoms with Gasteiger partial charge in [0, 0.05) is 5.75 Å². The summed E-state index contributed by atoms with van der Waals surface area (Å²) in [7, 11) is -3.85. The molecule has 0 aliphatic rings. The molecule has 102 valence electrons. The van der Waals surface area contributed by atoms with E-state index >= 15 is 0 Å². The van der Waals surface area contributed by atoms with Crippen molar-refractivity contribution in [2.75, 3.05) is 30.5 Å². The van der Waals surface area contributed by atoms with Gasteiger partial charge in [0.1, 0.15) is 0 Å². The van der Waals surface area contributed by atoms with Gasteiger partial charge >= 0.3 is 0 Å². The summed E-state index contributed by atoms with van der Waals surface area (Å²) in [5.74, 6) is 0.862. The molecule has 2 N–H and O–H groups in total. The van der Waals surface area contributed by atoms with Crippen LogP contribution < -0.4 is 0 Å². The quantitative estimate of drug-likeness (QED) is 0.353. The van der Waals surface area contributed by atoms with E-state index < -0.39 is 16.2 Å². The lowest BCUT2D eigenvalue weighted by Crippen LogP contribution is -2.18. The first-order chi connectivity index (χ1) is 7.95. The maximum absolute atomic E-state index is 10.4. The van der Waals surface area contributed by atoms with Gasteiger partial charge in [-0.1, -0.05) is 12.2 Å². The van der Waals surface area contributed by atoms with E-state index in [4.69, 9.17) is 9.29 Å². The minimum absolute atomic E-state index is 0.228. The molecule has 0 fully saturated rings. The summed E-state index contributed by atoms with van der Waals surface area (Å²) in [6, 6.07) is 0. The molecule has 0 bridgehead atoms. The molecule has 0 aliphatic heterocycles. The molecule has 0 amide bonds. The zero-order valence-corrected chi connectivity index (χ0v) is 11.5. The van der Waals surface area contributed by atoms with Crippen molar-refractivity contribution < 1.29 is 22.8 Å². The maximum atomic E-state index is 10.4. The first kappa shape index (κ1) is 16.9. The zero-order valence-electron chi connectivity index (χ0n) is 9.91. The van der Waals surface area contributed by atoms with Crippen LogP contribution in [0.25, 0.3) is 0 Å². The molecule has 17 heavy (non-hydrogen) atoms. The highest BCUT2D eigenvalue weighted by molar-refractivity contribution is 7.99. The largest absolute Gasteiger partial charge is 0.390 e. The molecule has 7 heteroatoms. The second-order valence-corrected chi connectivity index (χ2v) is 6.20. The van der Waals surface area contributed by atoms with Crippen molar-refractivity contribution >= 4 is 21.9 Å². The molecule has 0 aliphatic carbocycles. The van der Waals surface area contributed by atoms with Crippen LogP contribution in [0.4, 0.5) is 0 Å². The Hall–Kier alpha value is -0.0800. The Balaban J connectivity index is 3.36. The van der Waals surface area contributed by atoms with E-state index in [1.807, 2.05) is 19.1 Å². The van der Waals surface area contributed by atoms with Gasteiger partial charge in [-0.2, -0.15) is 20.2 Å². The van der Waals surface area contributed by atoms with Gasteiger partial charge in [0.25, 0.3) is 10.1 Å². The van der Waals surface area contributed by atoms with E-state index in [1.165, 1.54) is 11.8 Å². The van der Waals surface area contributed by atoms with E-state index in [1.54, 1.807) is 0 Å². The minimum Gasteiger partial charge on any atom is -0.390 e. The third kappa shape index (κ3) is 13.9. The SMILES string of the molecule is C/C=C/COCC(O)CSCCCS(=O)(=O)O. The molecule has 1 atom stereocenters. The molecule has 5 nitrogen and oxygen atoms in total. The third-order valence-electron chi connectivity index (χ3n) is 1.76. The van der Waals surface area contributed by atoms with Crippen LogP contribution in [0.5, 0.6) is 0 Å². The van der Waals surface area contributed by atoms with Gasteiger partial charge in [-0.05, 0) is 19.1 Å². The number of allylic oxidation sites excluding steroid dienone is 1. The number of rotatable bonds is 10. The van der Waals surface area contributed by atoms with Crippen molar-refractivity contribution in [1.82, 2.24) is 0 Å². The number of thioether (sulfide) groups is 1. The fourth-order valence-corrected chi connectivity index (χ4v) is 2.55.